The predicted octanol–water partition coefficient (Wildman–Crippen LogP) is 3.45. The topological polar surface area (TPSA) is 21.7 Å². The normalized spacial score (nSPS) is 42.0. The second kappa shape index (κ2) is 6.39. The average molecular weight is 293 g/mol. The summed E-state index contributed by atoms with van der Waals surface area (Å²) in [6.07, 6.45) is 7.64. The molecule has 1 spiro atoms. The van der Waals surface area contributed by atoms with Gasteiger partial charge in [-0.25, -0.2) is 0 Å². The number of allylic oxidation sites excluding steroid dienone is 2. The van der Waals surface area contributed by atoms with E-state index < -0.39 is 0 Å². The Labute approximate surface area is 129 Å². The van der Waals surface area contributed by atoms with Gasteiger partial charge < -0.3 is 9.47 Å². The first kappa shape index (κ1) is 15.5. The Morgan fingerprint density at radius 2 is 1.81 bits per heavy atom. The number of ether oxygens (including phenoxy) is 2. The van der Waals surface area contributed by atoms with Crippen LogP contribution in [0.15, 0.2) is 11.6 Å². The molecule has 3 aliphatic rings. The lowest BCUT2D eigenvalue weighted by atomic mass is 9.63. The highest BCUT2D eigenvalue weighted by Gasteiger charge is 2.46. The molecule has 2 saturated heterocycles. The van der Waals surface area contributed by atoms with Crippen LogP contribution in [-0.4, -0.2) is 44.0 Å². The van der Waals surface area contributed by atoms with Gasteiger partial charge in [-0.1, -0.05) is 31.9 Å². The predicted molar refractivity (Wildman–Crippen MR) is 85.1 cm³/mol. The van der Waals surface area contributed by atoms with Crippen molar-refractivity contribution in [3.05, 3.63) is 11.6 Å². The second-order valence-corrected chi connectivity index (χ2v) is 7.55. The van der Waals surface area contributed by atoms with E-state index in [0.29, 0.717) is 11.8 Å². The summed E-state index contributed by atoms with van der Waals surface area (Å²) < 4.78 is 12.3. The van der Waals surface area contributed by atoms with Crippen molar-refractivity contribution in [2.24, 2.45) is 17.3 Å². The van der Waals surface area contributed by atoms with Gasteiger partial charge >= 0.3 is 0 Å². The largest absolute Gasteiger partial charge is 0.351 e. The standard InChI is InChI=1S/C18H31NO2/c1-14-9-15(2)18(16(3)10-14)12-20-17(21-13-18)11-19-7-5-4-6-8-19/h9,15-17H,4-8,10-13H2,1-3H3/t15-,16-,17?,18?/m1/s1. The van der Waals surface area contributed by atoms with Crippen LogP contribution in [0, 0.1) is 17.3 Å². The maximum absolute atomic E-state index is 6.16. The Morgan fingerprint density at radius 1 is 1.14 bits per heavy atom. The van der Waals surface area contributed by atoms with Gasteiger partial charge in [0.15, 0.2) is 6.29 Å². The van der Waals surface area contributed by atoms with Gasteiger partial charge in [0.25, 0.3) is 0 Å². The van der Waals surface area contributed by atoms with Crippen LogP contribution >= 0.6 is 0 Å². The maximum atomic E-state index is 6.16. The summed E-state index contributed by atoms with van der Waals surface area (Å²) in [7, 11) is 0. The van der Waals surface area contributed by atoms with Crippen LogP contribution in [0.4, 0.5) is 0 Å². The van der Waals surface area contributed by atoms with Gasteiger partial charge in [-0.15, -0.1) is 0 Å². The minimum absolute atomic E-state index is 0.0138. The molecule has 0 N–H and O–H groups in total. The highest BCUT2D eigenvalue weighted by atomic mass is 16.7. The minimum atomic E-state index is -0.0138. The van der Waals surface area contributed by atoms with E-state index in [1.54, 1.807) is 0 Å². The van der Waals surface area contributed by atoms with E-state index in [9.17, 15) is 0 Å². The molecule has 2 fully saturated rings. The van der Waals surface area contributed by atoms with E-state index in [1.807, 2.05) is 0 Å². The molecule has 3 heteroatoms. The van der Waals surface area contributed by atoms with Crippen molar-refractivity contribution in [2.75, 3.05) is 32.8 Å². The molecular formula is C18H31NO2. The summed E-state index contributed by atoms with van der Waals surface area (Å²) >= 11 is 0. The van der Waals surface area contributed by atoms with E-state index in [4.69, 9.17) is 9.47 Å². The van der Waals surface area contributed by atoms with Crippen molar-refractivity contribution in [1.82, 2.24) is 4.90 Å². The van der Waals surface area contributed by atoms with Gasteiger partial charge in [0.2, 0.25) is 0 Å². The summed E-state index contributed by atoms with van der Waals surface area (Å²) in [5.41, 5.74) is 1.72. The summed E-state index contributed by atoms with van der Waals surface area (Å²) in [5, 5.41) is 0. The van der Waals surface area contributed by atoms with Crippen LogP contribution in [0.2, 0.25) is 0 Å². The van der Waals surface area contributed by atoms with Gasteiger partial charge in [-0.05, 0) is 51.1 Å². The van der Waals surface area contributed by atoms with Gasteiger partial charge in [0.1, 0.15) is 0 Å². The SMILES string of the molecule is CC1=C[C@@H](C)C2(COC(CN3CCCCC3)OC2)[C@H](C)C1. The van der Waals surface area contributed by atoms with Crippen LogP contribution < -0.4 is 0 Å². The van der Waals surface area contributed by atoms with Crippen molar-refractivity contribution >= 4 is 0 Å². The van der Waals surface area contributed by atoms with Crippen LogP contribution in [0.3, 0.4) is 0 Å². The number of piperidine rings is 1. The number of hydrogen-bond acceptors (Lipinski definition) is 3. The third-order valence-corrected chi connectivity index (χ3v) is 5.98. The van der Waals surface area contributed by atoms with Gasteiger partial charge in [0.05, 0.1) is 13.2 Å². The van der Waals surface area contributed by atoms with E-state index in [-0.39, 0.29) is 11.7 Å². The lowest BCUT2D eigenvalue weighted by molar-refractivity contribution is -0.254. The Bertz CT molecular complexity index is 379. The fraction of sp³-hybridized carbons (Fsp3) is 0.889. The third-order valence-electron chi connectivity index (χ3n) is 5.98. The molecule has 120 valence electrons. The van der Waals surface area contributed by atoms with E-state index in [1.165, 1.54) is 44.3 Å². The molecule has 3 rings (SSSR count). The van der Waals surface area contributed by atoms with Crippen molar-refractivity contribution in [3.63, 3.8) is 0 Å². The quantitative estimate of drug-likeness (QED) is 0.728. The zero-order chi connectivity index (χ0) is 14.9. The lowest BCUT2D eigenvalue weighted by Crippen LogP contribution is -2.53. The highest BCUT2D eigenvalue weighted by Crippen LogP contribution is 2.46. The lowest BCUT2D eigenvalue weighted by Gasteiger charge is -2.50. The summed E-state index contributed by atoms with van der Waals surface area (Å²) in [4.78, 5) is 2.50. The fourth-order valence-corrected chi connectivity index (χ4v) is 4.39. The molecule has 2 aliphatic heterocycles. The molecule has 1 aliphatic carbocycles. The Morgan fingerprint density at radius 3 is 2.43 bits per heavy atom. The molecular weight excluding hydrogens is 262 g/mol. The summed E-state index contributed by atoms with van der Waals surface area (Å²) in [6.45, 7) is 12.0. The summed E-state index contributed by atoms with van der Waals surface area (Å²) in [6, 6.07) is 0. The molecule has 0 saturated carbocycles. The van der Waals surface area contributed by atoms with Crippen LogP contribution in [0.5, 0.6) is 0 Å². The number of likely N-dealkylation sites (tertiary alicyclic amines) is 1. The molecule has 0 bridgehead atoms. The first-order chi connectivity index (χ1) is 10.1. The van der Waals surface area contributed by atoms with Gasteiger partial charge in [-0.2, -0.15) is 0 Å². The van der Waals surface area contributed by atoms with Crippen LogP contribution in [0.25, 0.3) is 0 Å². The van der Waals surface area contributed by atoms with Crippen molar-refractivity contribution < 1.29 is 9.47 Å². The van der Waals surface area contributed by atoms with E-state index in [0.717, 1.165) is 19.8 Å². The Kier molecular flexibility index (Phi) is 4.72. The number of nitrogens with zero attached hydrogens (tertiary/aromatic N) is 1. The Hall–Kier alpha value is -0.380. The molecule has 2 atom stereocenters. The zero-order valence-corrected chi connectivity index (χ0v) is 13.9. The Balaban J connectivity index is 1.56. The monoisotopic (exact) mass is 293 g/mol. The smallest absolute Gasteiger partial charge is 0.170 e. The molecule has 0 aromatic carbocycles. The van der Waals surface area contributed by atoms with E-state index >= 15 is 0 Å². The van der Waals surface area contributed by atoms with Crippen molar-refractivity contribution in [1.29, 1.82) is 0 Å². The van der Waals surface area contributed by atoms with Gasteiger partial charge in [0, 0.05) is 12.0 Å². The second-order valence-electron chi connectivity index (χ2n) is 7.55. The van der Waals surface area contributed by atoms with Crippen molar-refractivity contribution in [3.8, 4) is 0 Å². The zero-order valence-electron chi connectivity index (χ0n) is 13.9. The van der Waals surface area contributed by atoms with Crippen molar-refractivity contribution in [2.45, 2.75) is 52.7 Å². The van der Waals surface area contributed by atoms with Gasteiger partial charge in [-0.3, -0.25) is 4.90 Å². The summed E-state index contributed by atoms with van der Waals surface area (Å²) in [5.74, 6) is 1.20. The first-order valence-corrected chi connectivity index (χ1v) is 8.73. The highest BCUT2D eigenvalue weighted by molar-refractivity contribution is 5.13. The molecule has 2 heterocycles. The molecule has 0 amide bonds. The number of rotatable bonds is 2. The fourth-order valence-electron chi connectivity index (χ4n) is 4.39. The van der Waals surface area contributed by atoms with Crippen LogP contribution in [-0.2, 0) is 9.47 Å². The molecule has 0 unspecified atom stereocenters. The number of hydrogen-bond donors (Lipinski definition) is 0. The molecule has 0 aromatic heterocycles. The molecule has 21 heavy (non-hydrogen) atoms. The first-order valence-electron chi connectivity index (χ1n) is 8.73. The minimum Gasteiger partial charge on any atom is -0.351 e. The maximum Gasteiger partial charge on any atom is 0.170 e. The molecule has 0 radical (unpaired) electrons. The molecule has 0 aromatic rings. The van der Waals surface area contributed by atoms with Crippen LogP contribution in [0.1, 0.15) is 46.5 Å². The van der Waals surface area contributed by atoms with E-state index in [2.05, 4.69) is 31.7 Å². The average Bonchev–Trinajstić information content (AvgIpc) is 2.47. The third kappa shape index (κ3) is 3.20. The molecule has 3 nitrogen and oxygen atoms in total.